The summed E-state index contributed by atoms with van der Waals surface area (Å²) in [4.78, 5) is 15.7. The summed E-state index contributed by atoms with van der Waals surface area (Å²) in [6.07, 6.45) is 4.44. The van der Waals surface area contributed by atoms with E-state index in [-0.39, 0.29) is 11.7 Å². The molecule has 0 atom stereocenters. The van der Waals surface area contributed by atoms with Crippen LogP contribution in [-0.2, 0) is 11.2 Å². The smallest absolute Gasteiger partial charge is 0.224 e. The van der Waals surface area contributed by atoms with Crippen LogP contribution in [0.5, 0.6) is 5.75 Å². The summed E-state index contributed by atoms with van der Waals surface area (Å²) >= 11 is 0. The van der Waals surface area contributed by atoms with Crippen LogP contribution in [0.4, 0.5) is 5.69 Å². The van der Waals surface area contributed by atoms with E-state index in [1.165, 1.54) is 6.07 Å². The van der Waals surface area contributed by atoms with Gasteiger partial charge in [0.05, 0.1) is 5.69 Å². The molecule has 18 heavy (non-hydrogen) atoms. The van der Waals surface area contributed by atoms with Gasteiger partial charge in [0, 0.05) is 18.8 Å². The van der Waals surface area contributed by atoms with E-state index in [1.54, 1.807) is 30.6 Å². The Morgan fingerprint density at radius 2 is 2.06 bits per heavy atom. The first-order chi connectivity index (χ1) is 8.75. The van der Waals surface area contributed by atoms with E-state index in [0.29, 0.717) is 18.5 Å². The highest BCUT2D eigenvalue weighted by atomic mass is 16.3. The molecule has 0 aliphatic carbocycles. The minimum Gasteiger partial charge on any atom is -0.506 e. The van der Waals surface area contributed by atoms with Gasteiger partial charge in [0.15, 0.2) is 0 Å². The zero-order valence-corrected chi connectivity index (χ0v) is 9.84. The molecule has 92 valence electrons. The van der Waals surface area contributed by atoms with Crippen LogP contribution in [0.1, 0.15) is 12.0 Å². The predicted octanol–water partition coefficient (Wildman–Crippen LogP) is 2.36. The van der Waals surface area contributed by atoms with Crippen LogP contribution in [0.15, 0.2) is 48.8 Å². The fourth-order valence-corrected chi connectivity index (χ4v) is 1.60. The molecule has 4 heteroatoms. The minimum absolute atomic E-state index is 0.0761. The highest BCUT2D eigenvalue weighted by molar-refractivity contribution is 5.92. The van der Waals surface area contributed by atoms with E-state index in [1.807, 2.05) is 12.1 Å². The van der Waals surface area contributed by atoms with Crippen molar-refractivity contribution in [1.82, 2.24) is 4.98 Å². The van der Waals surface area contributed by atoms with Gasteiger partial charge < -0.3 is 10.4 Å². The molecule has 1 aromatic carbocycles. The van der Waals surface area contributed by atoms with Crippen LogP contribution in [0, 0.1) is 0 Å². The van der Waals surface area contributed by atoms with Gasteiger partial charge in [0.2, 0.25) is 5.91 Å². The minimum atomic E-state index is -0.125. The number of aryl methyl sites for hydroxylation is 1. The van der Waals surface area contributed by atoms with Gasteiger partial charge in [-0.3, -0.25) is 9.78 Å². The zero-order chi connectivity index (χ0) is 12.8. The first-order valence-corrected chi connectivity index (χ1v) is 5.72. The molecule has 0 aliphatic heterocycles. The fraction of sp³-hybridized carbons (Fsp3) is 0.143. The summed E-state index contributed by atoms with van der Waals surface area (Å²) in [6.45, 7) is 0. The van der Waals surface area contributed by atoms with Crippen molar-refractivity contribution < 1.29 is 9.90 Å². The number of pyridine rings is 1. The molecule has 1 aromatic heterocycles. The molecule has 2 rings (SSSR count). The Kier molecular flexibility index (Phi) is 3.91. The largest absolute Gasteiger partial charge is 0.506 e. The van der Waals surface area contributed by atoms with E-state index in [9.17, 15) is 9.90 Å². The molecule has 0 bridgehead atoms. The van der Waals surface area contributed by atoms with E-state index in [2.05, 4.69) is 10.3 Å². The molecule has 0 saturated heterocycles. The van der Waals surface area contributed by atoms with Crippen LogP contribution in [0.2, 0.25) is 0 Å². The fourth-order valence-electron chi connectivity index (χ4n) is 1.60. The number of carbonyl (C=O) groups excluding carboxylic acids is 1. The Morgan fingerprint density at radius 1 is 1.22 bits per heavy atom. The van der Waals surface area contributed by atoms with Crippen molar-refractivity contribution >= 4 is 11.6 Å². The molecule has 0 fully saturated rings. The van der Waals surface area contributed by atoms with Gasteiger partial charge in [0.1, 0.15) is 5.75 Å². The normalized spacial score (nSPS) is 10.0. The number of phenolic OH excluding ortho intramolecular Hbond substituents is 1. The Balaban J connectivity index is 1.88. The van der Waals surface area contributed by atoms with Gasteiger partial charge in [-0.05, 0) is 30.2 Å². The number of anilines is 1. The molecule has 2 N–H and O–H groups in total. The number of benzene rings is 1. The van der Waals surface area contributed by atoms with Crippen molar-refractivity contribution in [3.05, 3.63) is 54.4 Å². The summed E-state index contributed by atoms with van der Waals surface area (Å²) in [5, 5.41) is 12.2. The summed E-state index contributed by atoms with van der Waals surface area (Å²) < 4.78 is 0. The maximum atomic E-state index is 11.7. The monoisotopic (exact) mass is 242 g/mol. The molecule has 0 spiro atoms. The third-order valence-corrected chi connectivity index (χ3v) is 2.54. The summed E-state index contributed by atoms with van der Waals surface area (Å²) in [5.41, 5.74) is 1.46. The van der Waals surface area contributed by atoms with Crippen molar-refractivity contribution in [2.75, 3.05) is 5.32 Å². The van der Waals surface area contributed by atoms with Gasteiger partial charge in [-0.25, -0.2) is 0 Å². The SMILES string of the molecule is O=C(CCc1cccnc1)Nc1ccccc1O. The lowest BCUT2D eigenvalue weighted by Gasteiger charge is -2.06. The van der Waals surface area contributed by atoms with Crippen molar-refractivity contribution in [3.8, 4) is 5.75 Å². The van der Waals surface area contributed by atoms with E-state index in [0.717, 1.165) is 5.56 Å². The maximum absolute atomic E-state index is 11.7. The maximum Gasteiger partial charge on any atom is 0.224 e. The lowest BCUT2D eigenvalue weighted by Crippen LogP contribution is -2.12. The first kappa shape index (κ1) is 12.1. The topological polar surface area (TPSA) is 62.2 Å². The van der Waals surface area contributed by atoms with Crippen LogP contribution in [-0.4, -0.2) is 16.0 Å². The predicted molar refractivity (Wildman–Crippen MR) is 69.3 cm³/mol. The molecule has 1 heterocycles. The number of hydrogen-bond acceptors (Lipinski definition) is 3. The van der Waals surface area contributed by atoms with Crippen LogP contribution in [0.25, 0.3) is 0 Å². The number of amides is 1. The van der Waals surface area contributed by atoms with Gasteiger partial charge in [-0.2, -0.15) is 0 Å². The van der Waals surface area contributed by atoms with Crippen LogP contribution < -0.4 is 5.32 Å². The number of aromatic hydroxyl groups is 1. The number of nitrogens with zero attached hydrogens (tertiary/aromatic N) is 1. The Bertz CT molecular complexity index is 526. The quantitative estimate of drug-likeness (QED) is 0.809. The Morgan fingerprint density at radius 3 is 2.78 bits per heavy atom. The van der Waals surface area contributed by atoms with Crippen LogP contribution in [0.3, 0.4) is 0 Å². The molecule has 0 aliphatic rings. The van der Waals surface area contributed by atoms with E-state index >= 15 is 0 Å². The lowest BCUT2D eigenvalue weighted by molar-refractivity contribution is -0.116. The van der Waals surface area contributed by atoms with E-state index in [4.69, 9.17) is 0 Å². The summed E-state index contributed by atoms with van der Waals surface area (Å²) in [5.74, 6) is -0.0485. The third kappa shape index (κ3) is 3.31. The zero-order valence-electron chi connectivity index (χ0n) is 9.84. The molecular weight excluding hydrogens is 228 g/mol. The first-order valence-electron chi connectivity index (χ1n) is 5.72. The van der Waals surface area contributed by atoms with Gasteiger partial charge in [-0.1, -0.05) is 18.2 Å². The number of aromatic nitrogens is 1. The molecular formula is C14H14N2O2. The molecule has 4 nitrogen and oxygen atoms in total. The van der Waals surface area contributed by atoms with Gasteiger partial charge in [0.25, 0.3) is 0 Å². The van der Waals surface area contributed by atoms with Gasteiger partial charge >= 0.3 is 0 Å². The highest BCUT2D eigenvalue weighted by Gasteiger charge is 2.05. The Labute approximate surface area is 105 Å². The highest BCUT2D eigenvalue weighted by Crippen LogP contribution is 2.21. The van der Waals surface area contributed by atoms with Crippen LogP contribution >= 0.6 is 0 Å². The number of hydrogen-bond donors (Lipinski definition) is 2. The average molecular weight is 242 g/mol. The number of carbonyl (C=O) groups is 1. The van der Waals surface area contributed by atoms with Crippen molar-refractivity contribution in [2.24, 2.45) is 0 Å². The Hall–Kier alpha value is -2.36. The number of phenols is 1. The standard InChI is InChI=1S/C14H14N2O2/c17-13-6-2-1-5-12(13)16-14(18)8-7-11-4-3-9-15-10-11/h1-6,9-10,17H,7-8H2,(H,16,18). The average Bonchev–Trinajstić information content (AvgIpc) is 2.40. The van der Waals surface area contributed by atoms with Gasteiger partial charge in [-0.15, -0.1) is 0 Å². The van der Waals surface area contributed by atoms with E-state index < -0.39 is 0 Å². The number of rotatable bonds is 4. The second kappa shape index (κ2) is 5.82. The summed E-state index contributed by atoms with van der Waals surface area (Å²) in [7, 11) is 0. The van der Waals surface area contributed by atoms with Crippen molar-refractivity contribution in [3.63, 3.8) is 0 Å². The van der Waals surface area contributed by atoms with Crippen molar-refractivity contribution in [1.29, 1.82) is 0 Å². The second-order valence-corrected chi connectivity index (χ2v) is 3.93. The summed E-state index contributed by atoms with van der Waals surface area (Å²) in [6, 6.07) is 10.4. The number of nitrogens with one attached hydrogen (secondary N) is 1. The third-order valence-electron chi connectivity index (χ3n) is 2.54. The molecule has 2 aromatic rings. The molecule has 0 unspecified atom stereocenters. The molecule has 1 amide bonds. The van der Waals surface area contributed by atoms with Crippen molar-refractivity contribution in [2.45, 2.75) is 12.8 Å². The molecule has 0 radical (unpaired) electrons. The molecule has 0 saturated carbocycles. The lowest BCUT2D eigenvalue weighted by atomic mass is 10.1. The second-order valence-electron chi connectivity index (χ2n) is 3.93. The number of para-hydroxylation sites is 2.